The molecular formula is C10H15N3. The molecule has 13 heavy (non-hydrogen) atoms. The highest BCUT2D eigenvalue weighted by molar-refractivity contribution is 5.34. The van der Waals surface area contributed by atoms with Crippen LogP contribution in [0.25, 0.3) is 0 Å². The topological polar surface area (TPSA) is 29.0 Å². The Morgan fingerprint density at radius 3 is 2.23 bits per heavy atom. The summed E-state index contributed by atoms with van der Waals surface area (Å²) in [7, 11) is 2.08. The van der Waals surface area contributed by atoms with Crippen LogP contribution in [0.4, 0.5) is 5.95 Å². The van der Waals surface area contributed by atoms with E-state index in [0.717, 1.165) is 17.3 Å². The SMILES string of the molecule is Cc1cc(C)nc(N(C)C2CC2)n1. The predicted molar refractivity (Wildman–Crippen MR) is 52.9 cm³/mol. The number of anilines is 1. The zero-order chi connectivity index (χ0) is 9.42. The smallest absolute Gasteiger partial charge is 0.225 e. The van der Waals surface area contributed by atoms with Gasteiger partial charge in [-0.15, -0.1) is 0 Å². The summed E-state index contributed by atoms with van der Waals surface area (Å²) >= 11 is 0. The maximum atomic E-state index is 4.41. The molecule has 1 aromatic rings. The van der Waals surface area contributed by atoms with E-state index in [2.05, 4.69) is 21.9 Å². The minimum absolute atomic E-state index is 0.682. The van der Waals surface area contributed by atoms with Crippen molar-refractivity contribution < 1.29 is 0 Å². The van der Waals surface area contributed by atoms with Crippen molar-refractivity contribution in [2.24, 2.45) is 0 Å². The maximum absolute atomic E-state index is 4.41. The molecule has 3 heteroatoms. The van der Waals surface area contributed by atoms with E-state index in [1.807, 2.05) is 19.9 Å². The van der Waals surface area contributed by atoms with Crippen LogP contribution in [0.1, 0.15) is 24.2 Å². The average Bonchev–Trinajstić information content (AvgIpc) is 2.83. The van der Waals surface area contributed by atoms with E-state index in [1.165, 1.54) is 12.8 Å². The van der Waals surface area contributed by atoms with Crippen LogP contribution in [0.2, 0.25) is 0 Å². The Labute approximate surface area is 78.8 Å². The van der Waals surface area contributed by atoms with E-state index in [-0.39, 0.29) is 0 Å². The van der Waals surface area contributed by atoms with Crippen molar-refractivity contribution in [1.82, 2.24) is 9.97 Å². The van der Waals surface area contributed by atoms with Crippen molar-refractivity contribution in [1.29, 1.82) is 0 Å². The summed E-state index contributed by atoms with van der Waals surface area (Å²) in [6.07, 6.45) is 2.57. The highest BCUT2D eigenvalue weighted by atomic mass is 15.3. The molecule has 0 saturated heterocycles. The average molecular weight is 177 g/mol. The van der Waals surface area contributed by atoms with Crippen LogP contribution in [0.3, 0.4) is 0 Å². The van der Waals surface area contributed by atoms with E-state index in [1.54, 1.807) is 0 Å². The van der Waals surface area contributed by atoms with Crippen molar-refractivity contribution in [3.8, 4) is 0 Å². The maximum Gasteiger partial charge on any atom is 0.225 e. The van der Waals surface area contributed by atoms with Gasteiger partial charge in [0.2, 0.25) is 5.95 Å². The van der Waals surface area contributed by atoms with Gasteiger partial charge in [0.15, 0.2) is 0 Å². The van der Waals surface area contributed by atoms with Gasteiger partial charge >= 0.3 is 0 Å². The van der Waals surface area contributed by atoms with Crippen molar-refractivity contribution in [3.63, 3.8) is 0 Å². The standard InChI is InChI=1S/C10H15N3/c1-7-6-8(2)12-10(11-7)13(3)9-4-5-9/h6,9H,4-5H2,1-3H3. The van der Waals surface area contributed by atoms with E-state index >= 15 is 0 Å². The molecule has 0 radical (unpaired) electrons. The van der Waals surface area contributed by atoms with Gasteiger partial charge in [-0.25, -0.2) is 9.97 Å². The predicted octanol–water partition coefficient (Wildman–Crippen LogP) is 1.69. The second kappa shape index (κ2) is 2.98. The van der Waals surface area contributed by atoms with Crippen LogP contribution in [-0.2, 0) is 0 Å². The highest BCUT2D eigenvalue weighted by Gasteiger charge is 2.27. The number of nitrogens with zero attached hydrogens (tertiary/aromatic N) is 3. The van der Waals surface area contributed by atoms with Crippen molar-refractivity contribution in [2.75, 3.05) is 11.9 Å². The summed E-state index contributed by atoms with van der Waals surface area (Å²) in [6, 6.07) is 2.69. The molecule has 1 aliphatic carbocycles. The second-order valence-electron chi connectivity index (χ2n) is 3.79. The van der Waals surface area contributed by atoms with Crippen LogP contribution >= 0.6 is 0 Å². The molecule has 1 fully saturated rings. The molecule has 0 amide bonds. The molecule has 1 aromatic heterocycles. The Hall–Kier alpha value is -1.12. The lowest BCUT2D eigenvalue weighted by Gasteiger charge is -2.16. The fraction of sp³-hybridized carbons (Fsp3) is 0.600. The summed E-state index contributed by atoms with van der Waals surface area (Å²) in [5, 5.41) is 0. The highest BCUT2D eigenvalue weighted by Crippen LogP contribution is 2.28. The van der Waals surface area contributed by atoms with Crippen LogP contribution < -0.4 is 4.90 Å². The molecule has 1 aliphatic rings. The molecule has 0 aliphatic heterocycles. The summed E-state index contributed by atoms with van der Waals surface area (Å²) in [5.41, 5.74) is 2.10. The van der Waals surface area contributed by atoms with E-state index < -0.39 is 0 Å². The molecule has 2 rings (SSSR count). The van der Waals surface area contributed by atoms with Crippen molar-refractivity contribution in [3.05, 3.63) is 17.5 Å². The van der Waals surface area contributed by atoms with Crippen molar-refractivity contribution in [2.45, 2.75) is 32.7 Å². The Morgan fingerprint density at radius 1 is 1.23 bits per heavy atom. The molecule has 0 unspecified atom stereocenters. The number of hydrogen-bond donors (Lipinski definition) is 0. The largest absolute Gasteiger partial charge is 0.341 e. The van der Waals surface area contributed by atoms with Gasteiger partial charge in [-0.2, -0.15) is 0 Å². The molecule has 0 N–H and O–H groups in total. The van der Waals surface area contributed by atoms with Gasteiger partial charge in [-0.3, -0.25) is 0 Å². The lowest BCUT2D eigenvalue weighted by atomic mass is 10.3. The Kier molecular flexibility index (Phi) is 1.94. The van der Waals surface area contributed by atoms with Gasteiger partial charge in [0.05, 0.1) is 0 Å². The Bertz CT molecular complexity index is 298. The first-order valence-corrected chi connectivity index (χ1v) is 4.72. The third-order valence-corrected chi connectivity index (χ3v) is 2.38. The Morgan fingerprint density at radius 2 is 1.77 bits per heavy atom. The van der Waals surface area contributed by atoms with Crippen LogP contribution in [0, 0.1) is 13.8 Å². The van der Waals surface area contributed by atoms with Crippen molar-refractivity contribution >= 4 is 5.95 Å². The lowest BCUT2D eigenvalue weighted by molar-refractivity contribution is 0.847. The van der Waals surface area contributed by atoms with Gasteiger partial charge in [-0.05, 0) is 32.8 Å². The van der Waals surface area contributed by atoms with Gasteiger partial charge in [-0.1, -0.05) is 0 Å². The molecule has 0 atom stereocenters. The summed E-state index contributed by atoms with van der Waals surface area (Å²) < 4.78 is 0. The number of aromatic nitrogens is 2. The minimum atomic E-state index is 0.682. The summed E-state index contributed by atoms with van der Waals surface area (Å²) in [5.74, 6) is 0.875. The molecule has 0 aromatic carbocycles. The van der Waals surface area contributed by atoms with Crippen LogP contribution in [-0.4, -0.2) is 23.1 Å². The number of hydrogen-bond acceptors (Lipinski definition) is 3. The van der Waals surface area contributed by atoms with E-state index in [9.17, 15) is 0 Å². The lowest BCUT2D eigenvalue weighted by Crippen LogP contribution is -2.22. The molecule has 0 bridgehead atoms. The van der Waals surface area contributed by atoms with Crippen LogP contribution in [0.15, 0.2) is 6.07 Å². The third-order valence-electron chi connectivity index (χ3n) is 2.38. The first-order chi connectivity index (χ1) is 6.16. The Balaban J connectivity index is 2.27. The van der Waals surface area contributed by atoms with E-state index in [4.69, 9.17) is 0 Å². The first-order valence-electron chi connectivity index (χ1n) is 4.72. The van der Waals surface area contributed by atoms with Crippen LogP contribution in [0.5, 0.6) is 0 Å². The van der Waals surface area contributed by atoms with Gasteiger partial charge in [0, 0.05) is 24.5 Å². The normalized spacial score (nSPS) is 15.9. The molecule has 1 saturated carbocycles. The molecular weight excluding hydrogens is 162 g/mol. The quantitative estimate of drug-likeness (QED) is 0.688. The second-order valence-corrected chi connectivity index (χ2v) is 3.79. The number of aryl methyl sites for hydroxylation is 2. The number of rotatable bonds is 2. The van der Waals surface area contributed by atoms with Gasteiger partial charge in [0.25, 0.3) is 0 Å². The van der Waals surface area contributed by atoms with Gasteiger partial charge < -0.3 is 4.90 Å². The fourth-order valence-corrected chi connectivity index (χ4v) is 1.49. The molecule has 70 valence electrons. The zero-order valence-corrected chi connectivity index (χ0v) is 8.41. The summed E-state index contributed by atoms with van der Waals surface area (Å²) in [6.45, 7) is 4.03. The van der Waals surface area contributed by atoms with E-state index in [0.29, 0.717) is 6.04 Å². The molecule has 0 spiro atoms. The van der Waals surface area contributed by atoms with Gasteiger partial charge in [0.1, 0.15) is 0 Å². The monoisotopic (exact) mass is 177 g/mol. The molecule has 1 heterocycles. The fourth-order valence-electron chi connectivity index (χ4n) is 1.49. The minimum Gasteiger partial charge on any atom is -0.341 e. The third kappa shape index (κ3) is 1.79. The first kappa shape index (κ1) is 8.48. The summed E-state index contributed by atoms with van der Waals surface area (Å²) in [4.78, 5) is 11.0. The zero-order valence-electron chi connectivity index (χ0n) is 8.41. The molecule has 3 nitrogen and oxygen atoms in total.